The zero-order chi connectivity index (χ0) is 10.4. The van der Waals surface area contributed by atoms with Gasteiger partial charge in [0.15, 0.2) is 5.71 Å². The van der Waals surface area contributed by atoms with E-state index in [4.69, 9.17) is 10.3 Å². The third-order valence-electron chi connectivity index (χ3n) is 1.56. The van der Waals surface area contributed by atoms with Crippen molar-refractivity contribution in [2.45, 2.75) is 0 Å². The molecular weight excluding hydrogens is 182 g/mol. The molecule has 1 aromatic carbocycles. The van der Waals surface area contributed by atoms with Crippen LogP contribution >= 0.6 is 0 Å². The first kappa shape index (κ1) is 9.98. The van der Waals surface area contributed by atoms with E-state index < -0.39 is 11.7 Å². The molecule has 0 aliphatic rings. The predicted octanol–water partition coefficient (Wildman–Crippen LogP) is 1.61. The average molecular weight is 191 g/mol. The second-order valence-electron chi connectivity index (χ2n) is 2.53. The number of nitrogens with zero attached hydrogens (tertiary/aromatic N) is 1. The molecule has 0 radical (unpaired) electrons. The third-order valence-corrected chi connectivity index (χ3v) is 1.56. The molecule has 0 bridgehead atoms. The van der Waals surface area contributed by atoms with Gasteiger partial charge in [-0.2, -0.15) is 0 Å². The van der Waals surface area contributed by atoms with Gasteiger partial charge in [0.1, 0.15) is 0 Å². The van der Waals surface area contributed by atoms with Crippen LogP contribution in [0.15, 0.2) is 41.6 Å². The number of carboxylic acids is 1. The van der Waals surface area contributed by atoms with Gasteiger partial charge in [-0.15, -0.1) is 0 Å². The molecule has 0 spiro atoms. The Morgan fingerprint density at radius 1 is 1.29 bits per heavy atom. The van der Waals surface area contributed by atoms with Crippen LogP contribution in [-0.4, -0.2) is 22.0 Å². The quantitative estimate of drug-likeness (QED) is 0.433. The molecular formula is C10H9NO3. The molecule has 4 nitrogen and oxygen atoms in total. The predicted molar refractivity (Wildman–Crippen MR) is 52.3 cm³/mol. The maximum absolute atomic E-state index is 10.4. The summed E-state index contributed by atoms with van der Waals surface area (Å²) in [5.41, 5.74) is 0.448. The van der Waals surface area contributed by atoms with Crippen LogP contribution in [-0.2, 0) is 4.79 Å². The Kier molecular flexibility index (Phi) is 3.43. The van der Waals surface area contributed by atoms with Gasteiger partial charge in [-0.05, 0) is 11.6 Å². The van der Waals surface area contributed by atoms with Crippen molar-refractivity contribution in [3.63, 3.8) is 0 Å². The summed E-state index contributed by atoms with van der Waals surface area (Å²) >= 11 is 0. The van der Waals surface area contributed by atoms with Crippen LogP contribution in [0.3, 0.4) is 0 Å². The van der Waals surface area contributed by atoms with Gasteiger partial charge in [0.05, 0.1) is 0 Å². The summed E-state index contributed by atoms with van der Waals surface area (Å²) in [7, 11) is 0. The number of aliphatic carboxylic acids is 1. The molecule has 0 unspecified atom stereocenters. The van der Waals surface area contributed by atoms with E-state index in [1.54, 1.807) is 6.08 Å². The van der Waals surface area contributed by atoms with Crippen LogP contribution in [0.2, 0.25) is 0 Å². The number of carboxylic acid groups (broad SMARTS) is 1. The normalized spacial score (nSPS) is 11.9. The summed E-state index contributed by atoms with van der Waals surface area (Å²) in [5.74, 6) is -1.26. The molecule has 0 aliphatic carbocycles. The van der Waals surface area contributed by atoms with Crippen molar-refractivity contribution in [3.8, 4) is 0 Å². The number of rotatable bonds is 3. The monoisotopic (exact) mass is 191 g/mol. The minimum Gasteiger partial charge on any atom is -0.476 e. The Balaban J connectivity index is 2.78. The fraction of sp³-hybridized carbons (Fsp3) is 0. The first-order chi connectivity index (χ1) is 6.74. The molecule has 0 atom stereocenters. The van der Waals surface area contributed by atoms with E-state index in [9.17, 15) is 4.79 Å². The molecule has 72 valence electrons. The summed E-state index contributed by atoms with van der Waals surface area (Å²) in [6.07, 6.45) is 2.79. The van der Waals surface area contributed by atoms with Crippen LogP contribution in [0.4, 0.5) is 0 Å². The van der Waals surface area contributed by atoms with E-state index in [1.165, 1.54) is 6.08 Å². The summed E-state index contributed by atoms with van der Waals surface area (Å²) < 4.78 is 0. The molecule has 1 rings (SSSR count). The fourth-order valence-electron chi connectivity index (χ4n) is 0.887. The first-order valence-corrected chi connectivity index (χ1v) is 3.92. The number of oxime groups is 1. The van der Waals surface area contributed by atoms with Gasteiger partial charge < -0.3 is 10.3 Å². The van der Waals surface area contributed by atoms with Gasteiger partial charge in [-0.1, -0.05) is 41.6 Å². The molecule has 0 fully saturated rings. The lowest BCUT2D eigenvalue weighted by molar-refractivity contribution is -0.129. The Morgan fingerprint density at radius 2 is 1.93 bits per heavy atom. The van der Waals surface area contributed by atoms with E-state index in [-0.39, 0.29) is 0 Å². The van der Waals surface area contributed by atoms with E-state index in [2.05, 4.69) is 5.16 Å². The van der Waals surface area contributed by atoms with E-state index in [0.29, 0.717) is 0 Å². The minimum absolute atomic E-state index is 0.395. The lowest BCUT2D eigenvalue weighted by atomic mass is 10.2. The summed E-state index contributed by atoms with van der Waals surface area (Å²) in [4.78, 5) is 10.4. The van der Waals surface area contributed by atoms with Crippen molar-refractivity contribution in [1.82, 2.24) is 0 Å². The van der Waals surface area contributed by atoms with E-state index in [0.717, 1.165) is 5.56 Å². The number of carbonyl (C=O) groups is 1. The lowest BCUT2D eigenvalue weighted by Crippen LogP contribution is -2.09. The molecule has 0 aromatic heterocycles. The highest BCUT2D eigenvalue weighted by Crippen LogP contribution is 2.01. The Labute approximate surface area is 80.8 Å². The SMILES string of the molecule is O=C(O)C(/C=C\c1ccccc1)=N/O. The van der Waals surface area contributed by atoms with Crippen LogP contribution in [0.1, 0.15) is 5.56 Å². The van der Waals surface area contributed by atoms with Gasteiger partial charge >= 0.3 is 5.97 Å². The highest BCUT2D eigenvalue weighted by molar-refractivity contribution is 6.40. The Bertz CT molecular complexity index is 368. The zero-order valence-corrected chi connectivity index (χ0v) is 7.29. The molecule has 14 heavy (non-hydrogen) atoms. The number of hydrogen-bond donors (Lipinski definition) is 2. The molecule has 0 amide bonds. The fourth-order valence-corrected chi connectivity index (χ4v) is 0.887. The zero-order valence-electron chi connectivity index (χ0n) is 7.29. The minimum atomic E-state index is -1.26. The molecule has 0 saturated carbocycles. The molecule has 4 heteroatoms. The maximum atomic E-state index is 10.4. The van der Waals surface area contributed by atoms with Gasteiger partial charge in [-0.3, -0.25) is 0 Å². The number of hydrogen-bond acceptors (Lipinski definition) is 3. The average Bonchev–Trinajstić information content (AvgIpc) is 2.20. The second-order valence-corrected chi connectivity index (χ2v) is 2.53. The Hall–Kier alpha value is -2.10. The van der Waals surface area contributed by atoms with Crippen molar-refractivity contribution < 1.29 is 15.1 Å². The topological polar surface area (TPSA) is 69.9 Å². The highest BCUT2D eigenvalue weighted by atomic mass is 16.4. The molecule has 0 saturated heterocycles. The van der Waals surface area contributed by atoms with Gasteiger partial charge in [0.25, 0.3) is 0 Å². The maximum Gasteiger partial charge on any atom is 0.357 e. The van der Waals surface area contributed by atoms with Crippen LogP contribution in [0, 0.1) is 0 Å². The second kappa shape index (κ2) is 4.81. The summed E-state index contributed by atoms with van der Waals surface area (Å²) in [5, 5.41) is 19.5. The first-order valence-electron chi connectivity index (χ1n) is 3.92. The highest BCUT2D eigenvalue weighted by Gasteiger charge is 2.04. The van der Waals surface area contributed by atoms with Crippen LogP contribution in [0.25, 0.3) is 6.08 Å². The van der Waals surface area contributed by atoms with Crippen molar-refractivity contribution >= 4 is 17.8 Å². The van der Waals surface area contributed by atoms with Crippen LogP contribution < -0.4 is 0 Å². The van der Waals surface area contributed by atoms with Crippen molar-refractivity contribution in [2.24, 2.45) is 5.16 Å². The molecule has 0 aliphatic heterocycles. The molecule has 1 aromatic rings. The summed E-state index contributed by atoms with van der Waals surface area (Å²) in [6.45, 7) is 0. The van der Waals surface area contributed by atoms with Crippen molar-refractivity contribution in [3.05, 3.63) is 42.0 Å². The standard InChI is InChI=1S/C10H9NO3/c12-10(13)9(11-14)7-6-8-4-2-1-3-5-8/h1-7,14H,(H,12,13)/b7-6-,11-9+. The van der Waals surface area contributed by atoms with Gasteiger partial charge in [0.2, 0.25) is 0 Å². The van der Waals surface area contributed by atoms with Crippen LogP contribution in [0.5, 0.6) is 0 Å². The van der Waals surface area contributed by atoms with Crippen molar-refractivity contribution in [1.29, 1.82) is 0 Å². The lowest BCUT2D eigenvalue weighted by Gasteiger charge is -1.91. The smallest absolute Gasteiger partial charge is 0.357 e. The third kappa shape index (κ3) is 2.75. The number of benzene rings is 1. The van der Waals surface area contributed by atoms with Crippen molar-refractivity contribution in [2.75, 3.05) is 0 Å². The van der Waals surface area contributed by atoms with E-state index in [1.807, 2.05) is 30.3 Å². The van der Waals surface area contributed by atoms with E-state index >= 15 is 0 Å². The molecule has 2 N–H and O–H groups in total. The van der Waals surface area contributed by atoms with Gasteiger partial charge in [0, 0.05) is 0 Å². The van der Waals surface area contributed by atoms with Gasteiger partial charge in [-0.25, -0.2) is 4.79 Å². The largest absolute Gasteiger partial charge is 0.476 e. The molecule has 0 heterocycles. The summed E-state index contributed by atoms with van der Waals surface area (Å²) in [6, 6.07) is 9.14. The Morgan fingerprint density at radius 3 is 2.43 bits per heavy atom.